The molecule has 2 N–H and O–H groups in total. The molecule has 0 saturated heterocycles. The SMILES string of the molecule is CC(C)Cc1cc(O)c(CC(C)C)c(CC(C)C)c1O. The molecule has 0 aliphatic rings. The number of hydrogen-bond acceptors (Lipinski definition) is 2. The summed E-state index contributed by atoms with van der Waals surface area (Å²) in [4.78, 5) is 0. The van der Waals surface area contributed by atoms with Crippen molar-refractivity contribution in [1.29, 1.82) is 0 Å². The average Bonchev–Trinajstić information content (AvgIpc) is 2.28. The minimum atomic E-state index is 0.350. The molecule has 0 saturated carbocycles. The molecule has 0 fully saturated rings. The van der Waals surface area contributed by atoms with Gasteiger partial charge >= 0.3 is 0 Å². The number of benzene rings is 1. The van der Waals surface area contributed by atoms with E-state index in [4.69, 9.17) is 0 Å². The van der Waals surface area contributed by atoms with Crippen LogP contribution in [0.25, 0.3) is 0 Å². The Morgan fingerprint density at radius 3 is 1.65 bits per heavy atom. The molecule has 0 heterocycles. The maximum atomic E-state index is 10.6. The third kappa shape index (κ3) is 4.43. The second-order valence-electron chi connectivity index (χ2n) is 7.15. The largest absolute Gasteiger partial charge is 0.508 e. The van der Waals surface area contributed by atoms with Crippen LogP contribution >= 0.6 is 0 Å². The van der Waals surface area contributed by atoms with Crippen molar-refractivity contribution >= 4 is 0 Å². The first-order chi connectivity index (χ1) is 9.22. The van der Waals surface area contributed by atoms with E-state index in [2.05, 4.69) is 41.5 Å². The molecule has 1 aromatic carbocycles. The number of rotatable bonds is 6. The van der Waals surface area contributed by atoms with E-state index in [1.807, 2.05) is 0 Å². The monoisotopic (exact) mass is 278 g/mol. The first-order valence-electron chi connectivity index (χ1n) is 7.77. The Balaban J connectivity index is 3.32. The maximum absolute atomic E-state index is 10.6. The lowest BCUT2D eigenvalue weighted by molar-refractivity contribution is 0.429. The molecule has 1 aromatic rings. The third-order valence-electron chi connectivity index (χ3n) is 3.43. The van der Waals surface area contributed by atoms with Crippen molar-refractivity contribution in [1.82, 2.24) is 0 Å². The molecule has 0 radical (unpaired) electrons. The highest BCUT2D eigenvalue weighted by atomic mass is 16.3. The Bertz CT molecular complexity index is 445. The zero-order valence-corrected chi connectivity index (χ0v) is 13.8. The van der Waals surface area contributed by atoms with Gasteiger partial charge in [0.2, 0.25) is 0 Å². The fourth-order valence-corrected chi connectivity index (χ4v) is 2.67. The van der Waals surface area contributed by atoms with Crippen molar-refractivity contribution in [3.63, 3.8) is 0 Å². The second-order valence-corrected chi connectivity index (χ2v) is 7.15. The highest BCUT2D eigenvalue weighted by Crippen LogP contribution is 2.37. The van der Waals surface area contributed by atoms with Crippen LogP contribution in [0.4, 0.5) is 0 Å². The molecule has 0 amide bonds. The molecule has 0 aliphatic heterocycles. The summed E-state index contributed by atoms with van der Waals surface area (Å²) in [5.41, 5.74) is 2.75. The molecule has 0 unspecified atom stereocenters. The Labute approximate surface area is 123 Å². The van der Waals surface area contributed by atoms with Crippen LogP contribution < -0.4 is 0 Å². The van der Waals surface area contributed by atoms with Crippen molar-refractivity contribution in [3.8, 4) is 11.5 Å². The van der Waals surface area contributed by atoms with E-state index in [1.165, 1.54) is 0 Å². The van der Waals surface area contributed by atoms with Gasteiger partial charge in [-0.1, -0.05) is 41.5 Å². The summed E-state index contributed by atoms with van der Waals surface area (Å²) in [6.45, 7) is 12.8. The molecular weight excluding hydrogens is 248 g/mol. The van der Waals surface area contributed by atoms with E-state index >= 15 is 0 Å². The quantitative estimate of drug-likeness (QED) is 0.741. The van der Waals surface area contributed by atoms with E-state index in [9.17, 15) is 10.2 Å². The van der Waals surface area contributed by atoms with Gasteiger partial charge in [0.1, 0.15) is 11.5 Å². The van der Waals surface area contributed by atoms with Crippen molar-refractivity contribution < 1.29 is 10.2 Å². The molecule has 1 rings (SSSR count). The highest BCUT2D eigenvalue weighted by Gasteiger charge is 2.19. The molecule has 0 spiro atoms. The topological polar surface area (TPSA) is 40.5 Å². The summed E-state index contributed by atoms with van der Waals surface area (Å²) in [6, 6.07) is 1.76. The third-order valence-corrected chi connectivity index (χ3v) is 3.43. The van der Waals surface area contributed by atoms with Gasteiger partial charge in [-0.05, 0) is 48.6 Å². The van der Waals surface area contributed by atoms with Crippen LogP contribution in [-0.4, -0.2) is 10.2 Å². The molecular formula is C18H30O2. The predicted octanol–water partition coefficient (Wildman–Crippen LogP) is 4.69. The van der Waals surface area contributed by atoms with E-state index in [1.54, 1.807) is 6.07 Å². The fourth-order valence-electron chi connectivity index (χ4n) is 2.67. The van der Waals surface area contributed by atoms with E-state index in [0.29, 0.717) is 29.3 Å². The first-order valence-corrected chi connectivity index (χ1v) is 7.77. The van der Waals surface area contributed by atoms with E-state index < -0.39 is 0 Å². The van der Waals surface area contributed by atoms with Gasteiger partial charge < -0.3 is 10.2 Å². The lowest BCUT2D eigenvalue weighted by Gasteiger charge is -2.20. The Hall–Kier alpha value is -1.18. The van der Waals surface area contributed by atoms with Crippen LogP contribution in [0, 0.1) is 17.8 Å². The first kappa shape index (κ1) is 16.9. The van der Waals surface area contributed by atoms with Gasteiger partial charge in [-0.2, -0.15) is 0 Å². The highest BCUT2D eigenvalue weighted by molar-refractivity contribution is 5.53. The molecule has 2 nitrogen and oxygen atoms in total. The number of hydrogen-bond donors (Lipinski definition) is 2. The van der Waals surface area contributed by atoms with Crippen LogP contribution in [0.5, 0.6) is 11.5 Å². The van der Waals surface area contributed by atoms with Crippen LogP contribution in [0.3, 0.4) is 0 Å². The average molecular weight is 278 g/mol. The van der Waals surface area contributed by atoms with Crippen LogP contribution in [0.2, 0.25) is 0 Å². The van der Waals surface area contributed by atoms with Crippen molar-refractivity contribution in [3.05, 3.63) is 22.8 Å². The predicted molar refractivity (Wildman–Crippen MR) is 85.4 cm³/mol. The summed E-state index contributed by atoms with van der Waals surface area (Å²) >= 11 is 0. The lowest BCUT2D eigenvalue weighted by Crippen LogP contribution is -2.06. The number of aromatic hydroxyl groups is 2. The number of phenols is 2. The fraction of sp³-hybridized carbons (Fsp3) is 0.667. The molecule has 0 aliphatic carbocycles. The summed E-state index contributed by atoms with van der Waals surface area (Å²) in [6.07, 6.45) is 2.42. The minimum Gasteiger partial charge on any atom is -0.508 e. The molecule has 20 heavy (non-hydrogen) atoms. The minimum absolute atomic E-state index is 0.350. The summed E-state index contributed by atoms with van der Waals surface area (Å²) < 4.78 is 0. The van der Waals surface area contributed by atoms with Gasteiger partial charge in [-0.15, -0.1) is 0 Å². The Morgan fingerprint density at radius 1 is 0.750 bits per heavy atom. The van der Waals surface area contributed by atoms with E-state index in [-0.39, 0.29) is 0 Å². The van der Waals surface area contributed by atoms with Crippen LogP contribution in [0.15, 0.2) is 6.07 Å². The Morgan fingerprint density at radius 2 is 1.20 bits per heavy atom. The molecule has 0 atom stereocenters. The lowest BCUT2D eigenvalue weighted by atomic mass is 9.88. The van der Waals surface area contributed by atoms with Crippen molar-refractivity contribution in [2.45, 2.75) is 60.8 Å². The molecule has 114 valence electrons. The van der Waals surface area contributed by atoms with Gasteiger partial charge in [0, 0.05) is 11.1 Å². The second kappa shape index (κ2) is 7.01. The number of phenolic OH excluding ortho intramolecular Hbond substituents is 2. The van der Waals surface area contributed by atoms with Crippen molar-refractivity contribution in [2.24, 2.45) is 17.8 Å². The van der Waals surface area contributed by atoms with Gasteiger partial charge in [-0.3, -0.25) is 0 Å². The normalized spacial score (nSPS) is 11.8. The summed E-state index contributed by atoms with van der Waals surface area (Å²) in [7, 11) is 0. The zero-order chi connectivity index (χ0) is 15.4. The Kier molecular flexibility index (Phi) is 5.91. The summed E-state index contributed by atoms with van der Waals surface area (Å²) in [5.74, 6) is 2.13. The summed E-state index contributed by atoms with van der Waals surface area (Å²) in [5, 5.41) is 21.0. The van der Waals surface area contributed by atoms with Gasteiger partial charge in [0.05, 0.1) is 0 Å². The van der Waals surface area contributed by atoms with Gasteiger partial charge in [-0.25, -0.2) is 0 Å². The van der Waals surface area contributed by atoms with Gasteiger partial charge in [0.25, 0.3) is 0 Å². The smallest absolute Gasteiger partial charge is 0.122 e. The van der Waals surface area contributed by atoms with Crippen LogP contribution in [-0.2, 0) is 19.3 Å². The molecule has 0 aromatic heterocycles. The molecule has 2 heteroatoms. The van der Waals surface area contributed by atoms with E-state index in [0.717, 1.165) is 36.0 Å². The van der Waals surface area contributed by atoms with Gasteiger partial charge in [0.15, 0.2) is 0 Å². The zero-order valence-electron chi connectivity index (χ0n) is 13.8. The molecule has 0 bridgehead atoms. The van der Waals surface area contributed by atoms with Crippen LogP contribution in [0.1, 0.15) is 58.2 Å². The maximum Gasteiger partial charge on any atom is 0.122 e. The van der Waals surface area contributed by atoms with Crippen molar-refractivity contribution in [2.75, 3.05) is 0 Å². The standard InChI is InChI=1S/C18H30O2/c1-11(2)7-14-10-17(19)15(8-12(3)4)16(18(14)20)9-13(5)6/h10-13,19-20H,7-9H2,1-6H3.